The molecule has 0 bridgehead atoms. The van der Waals surface area contributed by atoms with Gasteiger partial charge < -0.3 is 14.7 Å². The van der Waals surface area contributed by atoms with E-state index in [1.54, 1.807) is 4.90 Å². The second kappa shape index (κ2) is 6.26. The summed E-state index contributed by atoms with van der Waals surface area (Å²) in [6, 6.07) is 0. The second-order valence-electron chi connectivity index (χ2n) is 6.38. The number of carbonyl (C=O) groups excluding carboxylic acids is 1. The molecule has 0 spiro atoms. The summed E-state index contributed by atoms with van der Waals surface area (Å²) in [5, 5.41) is 8.90. The zero-order chi connectivity index (χ0) is 14.6. The van der Waals surface area contributed by atoms with Crippen LogP contribution in [0.1, 0.15) is 47.0 Å². The van der Waals surface area contributed by atoms with E-state index in [-0.39, 0.29) is 18.4 Å². The molecule has 1 fully saturated rings. The minimum absolute atomic E-state index is 0.143. The Labute approximate surface area is 114 Å². The first-order valence-electron chi connectivity index (χ1n) is 6.89. The van der Waals surface area contributed by atoms with Crippen molar-refractivity contribution in [3.63, 3.8) is 0 Å². The fourth-order valence-corrected chi connectivity index (χ4v) is 2.35. The fourth-order valence-electron chi connectivity index (χ4n) is 2.35. The highest BCUT2D eigenvalue weighted by atomic mass is 16.6. The van der Waals surface area contributed by atoms with Crippen LogP contribution in [0.3, 0.4) is 0 Å². The van der Waals surface area contributed by atoms with Crippen LogP contribution in [-0.4, -0.2) is 40.8 Å². The minimum atomic E-state index is -0.762. The van der Waals surface area contributed by atoms with E-state index in [0.29, 0.717) is 19.0 Å². The quantitative estimate of drug-likeness (QED) is 0.838. The predicted molar refractivity (Wildman–Crippen MR) is 71.9 cm³/mol. The molecule has 1 amide bonds. The highest BCUT2D eigenvalue weighted by molar-refractivity contribution is 5.68. The molecule has 1 aliphatic heterocycles. The summed E-state index contributed by atoms with van der Waals surface area (Å²) >= 11 is 0. The number of rotatable bonds is 2. The molecule has 5 nitrogen and oxygen atoms in total. The van der Waals surface area contributed by atoms with Crippen molar-refractivity contribution in [3.05, 3.63) is 0 Å². The van der Waals surface area contributed by atoms with Crippen LogP contribution < -0.4 is 0 Å². The smallest absolute Gasteiger partial charge is 0.410 e. The molecule has 0 aromatic carbocycles. The van der Waals surface area contributed by atoms with Gasteiger partial charge >= 0.3 is 12.1 Å². The number of likely N-dealkylation sites (tertiary alicyclic amines) is 1. The molecule has 1 heterocycles. The Morgan fingerprint density at radius 2 is 1.84 bits per heavy atom. The van der Waals surface area contributed by atoms with Gasteiger partial charge in [0.2, 0.25) is 0 Å². The molecule has 0 aromatic rings. The number of hydrogen-bond donors (Lipinski definition) is 1. The van der Waals surface area contributed by atoms with Gasteiger partial charge in [-0.15, -0.1) is 0 Å². The summed E-state index contributed by atoms with van der Waals surface area (Å²) in [7, 11) is 0. The van der Waals surface area contributed by atoms with E-state index < -0.39 is 11.6 Å². The van der Waals surface area contributed by atoms with Gasteiger partial charge in [-0.2, -0.15) is 0 Å². The molecule has 19 heavy (non-hydrogen) atoms. The molecule has 1 saturated heterocycles. The lowest BCUT2D eigenvalue weighted by Crippen LogP contribution is -2.37. The SMILES string of the molecule is CC1CCN(C(=O)OC(C)(C)C)CCC1CC(=O)O. The zero-order valence-corrected chi connectivity index (χ0v) is 12.3. The van der Waals surface area contributed by atoms with Gasteiger partial charge in [-0.25, -0.2) is 4.79 Å². The summed E-state index contributed by atoms with van der Waals surface area (Å²) in [6.45, 7) is 8.82. The van der Waals surface area contributed by atoms with Crippen LogP contribution in [0.4, 0.5) is 4.79 Å². The van der Waals surface area contributed by atoms with Crippen LogP contribution in [0, 0.1) is 11.8 Å². The van der Waals surface area contributed by atoms with Crippen molar-refractivity contribution in [1.82, 2.24) is 4.90 Å². The van der Waals surface area contributed by atoms with Crippen molar-refractivity contribution < 1.29 is 19.4 Å². The lowest BCUT2D eigenvalue weighted by Gasteiger charge is -2.26. The lowest BCUT2D eigenvalue weighted by molar-refractivity contribution is -0.138. The van der Waals surface area contributed by atoms with E-state index in [4.69, 9.17) is 9.84 Å². The summed E-state index contributed by atoms with van der Waals surface area (Å²) in [5.41, 5.74) is -0.491. The van der Waals surface area contributed by atoms with Crippen molar-refractivity contribution in [2.75, 3.05) is 13.1 Å². The molecule has 5 heteroatoms. The van der Waals surface area contributed by atoms with E-state index in [0.717, 1.165) is 12.8 Å². The molecular weight excluding hydrogens is 246 g/mol. The lowest BCUT2D eigenvalue weighted by atomic mass is 9.87. The fraction of sp³-hybridized carbons (Fsp3) is 0.857. The van der Waals surface area contributed by atoms with Gasteiger partial charge in [0.1, 0.15) is 5.60 Å². The summed E-state index contributed by atoms with van der Waals surface area (Å²) < 4.78 is 5.35. The first-order valence-corrected chi connectivity index (χ1v) is 6.89. The Kier molecular flexibility index (Phi) is 5.20. The Bertz CT molecular complexity index is 335. The van der Waals surface area contributed by atoms with Crippen molar-refractivity contribution in [1.29, 1.82) is 0 Å². The maximum atomic E-state index is 12.0. The average molecular weight is 271 g/mol. The van der Waals surface area contributed by atoms with Crippen molar-refractivity contribution in [2.45, 2.75) is 52.6 Å². The van der Waals surface area contributed by atoms with Crippen LogP contribution >= 0.6 is 0 Å². The molecular formula is C14H25NO4. The van der Waals surface area contributed by atoms with Crippen molar-refractivity contribution in [3.8, 4) is 0 Å². The van der Waals surface area contributed by atoms with Gasteiger partial charge in [-0.05, 0) is 45.4 Å². The molecule has 1 N–H and O–H groups in total. The molecule has 1 aliphatic rings. The molecule has 2 atom stereocenters. The number of hydrogen-bond acceptors (Lipinski definition) is 3. The highest BCUT2D eigenvalue weighted by Gasteiger charge is 2.29. The maximum Gasteiger partial charge on any atom is 0.410 e. The first-order chi connectivity index (χ1) is 8.69. The topological polar surface area (TPSA) is 66.8 Å². The molecule has 0 aromatic heterocycles. The van der Waals surface area contributed by atoms with Gasteiger partial charge in [0.05, 0.1) is 0 Å². The summed E-state index contributed by atoms with van der Waals surface area (Å²) in [6.07, 6.45) is 1.45. The van der Waals surface area contributed by atoms with E-state index in [1.165, 1.54) is 0 Å². The molecule has 110 valence electrons. The average Bonchev–Trinajstić information content (AvgIpc) is 2.39. The number of carboxylic acids is 1. The van der Waals surface area contributed by atoms with Crippen LogP contribution in [0.25, 0.3) is 0 Å². The van der Waals surface area contributed by atoms with Crippen LogP contribution in [0.2, 0.25) is 0 Å². The number of carbonyl (C=O) groups is 2. The van der Waals surface area contributed by atoms with Crippen molar-refractivity contribution in [2.24, 2.45) is 11.8 Å². The second-order valence-corrected chi connectivity index (χ2v) is 6.38. The maximum absolute atomic E-state index is 12.0. The van der Waals surface area contributed by atoms with Gasteiger partial charge in [-0.3, -0.25) is 4.79 Å². The van der Waals surface area contributed by atoms with Gasteiger partial charge in [0, 0.05) is 19.5 Å². The first kappa shape index (κ1) is 15.8. The summed E-state index contributed by atoms with van der Waals surface area (Å²) in [5.74, 6) is -0.295. The third-order valence-corrected chi connectivity index (χ3v) is 3.52. The van der Waals surface area contributed by atoms with E-state index in [1.807, 2.05) is 20.8 Å². The van der Waals surface area contributed by atoms with E-state index in [2.05, 4.69) is 6.92 Å². The van der Waals surface area contributed by atoms with Crippen LogP contribution in [0.15, 0.2) is 0 Å². The summed E-state index contributed by atoms with van der Waals surface area (Å²) in [4.78, 5) is 24.5. The normalized spacial score (nSPS) is 24.7. The van der Waals surface area contributed by atoms with Gasteiger partial charge in [0.25, 0.3) is 0 Å². The largest absolute Gasteiger partial charge is 0.481 e. The number of aliphatic carboxylic acids is 1. The minimum Gasteiger partial charge on any atom is -0.481 e. The van der Waals surface area contributed by atoms with Gasteiger partial charge in [-0.1, -0.05) is 6.92 Å². The van der Waals surface area contributed by atoms with E-state index >= 15 is 0 Å². The van der Waals surface area contributed by atoms with Crippen LogP contribution in [0.5, 0.6) is 0 Å². The van der Waals surface area contributed by atoms with Crippen molar-refractivity contribution >= 4 is 12.1 Å². The molecule has 1 rings (SSSR count). The molecule has 0 radical (unpaired) electrons. The molecule has 2 unspecified atom stereocenters. The zero-order valence-electron chi connectivity index (χ0n) is 12.3. The third-order valence-electron chi connectivity index (χ3n) is 3.52. The Morgan fingerprint density at radius 1 is 1.26 bits per heavy atom. The number of nitrogens with zero attached hydrogens (tertiary/aromatic N) is 1. The monoisotopic (exact) mass is 271 g/mol. The third kappa shape index (κ3) is 5.49. The molecule has 0 saturated carbocycles. The van der Waals surface area contributed by atoms with E-state index in [9.17, 15) is 9.59 Å². The van der Waals surface area contributed by atoms with Crippen LogP contribution in [-0.2, 0) is 9.53 Å². The predicted octanol–water partition coefficient (Wildman–Crippen LogP) is 2.74. The molecule has 0 aliphatic carbocycles. The Hall–Kier alpha value is -1.26. The number of amides is 1. The van der Waals surface area contributed by atoms with Gasteiger partial charge in [0.15, 0.2) is 0 Å². The number of ether oxygens (including phenoxy) is 1. The standard InChI is InChI=1S/C14H25NO4/c1-10-5-7-15(13(18)19-14(2,3)4)8-6-11(10)9-12(16)17/h10-11H,5-9H2,1-4H3,(H,16,17). The Balaban J connectivity index is 2.57. The number of carboxylic acid groups (broad SMARTS) is 1. The highest BCUT2D eigenvalue weighted by Crippen LogP contribution is 2.27. The Morgan fingerprint density at radius 3 is 2.37 bits per heavy atom.